The van der Waals surface area contributed by atoms with E-state index in [-0.39, 0.29) is 36.2 Å². The van der Waals surface area contributed by atoms with Crippen molar-refractivity contribution in [2.45, 2.75) is 37.2 Å². The highest BCUT2D eigenvalue weighted by molar-refractivity contribution is 6.22. The molecule has 7 nitrogen and oxygen atoms in total. The average Bonchev–Trinajstić information content (AvgIpc) is 2.96. The maximum atomic E-state index is 13.1. The predicted molar refractivity (Wildman–Crippen MR) is 115 cm³/mol. The fourth-order valence-corrected chi connectivity index (χ4v) is 3.78. The van der Waals surface area contributed by atoms with Gasteiger partial charge >= 0.3 is 6.03 Å². The lowest BCUT2D eigenvalue weighted by atomic mass is 10.1. The van der Waals surface area contributed by atoms with Crippen molar-refractivity contribution >= 4 is 23.5 Å². The zero-order chi connectivity index (χ0) is 22.2. The second-order valence-corrected chi connectivity index (χ2v) is 8.07. The van der Waals surface area contributed by atoms with E-state index >= 15 is 0 Å². The monoisotopic (exact) mass is 451 g/mol. The molecule has 1 aromatic carbocycles. The normalized spacial score (nSPS) is 21.5. The highest BCUT2D eigenvalue weighted by Gasteiger charge is 2.23. The molecule has 31 heavy (non-hydrogen) atoms. The Morgan fingerprint density at radius 2 is 2.10 bits per heavy atom. The first-order valence-corrected chi connectivity index (χ1v) is 10.7. The summed E-state index contributed by atoms with van der Waals surface area (Å²) in [6.07, 6.45) is 5.40. The molecule has 2 aliphatic rings. The van der Waals surface area contributed by atoms with E-state index in [0.29, 0.717) is 44.0 Å². The fraction of sp³-hybridized carbons (Fsp3) is 0.455. The van der Waals surface area contributed by atoms with Gasteiger partial charge in [-0.2, -0.15) is 0 Å². The standard InChI is InChI=1S/C22H27ClFN3O4/c23-16-4-7-20(19(13-16)26-22(25)29)31-11-8-21(28)27-9-1-10-30-18(14-27)12-15-2-5-17(24)6-3-15/h2-3,5-7,13,16,18H,1,4,8-12,14H2,(H3,25,26,29). The van der Waals surface area contributed by atoms with Gasteiger partial charge in [0, 0.05) is 26.1 Å². The van der Waals surface area contributed by atoms with Crippen LogP contribution in [0.25, 0.3) is 0 Å². The second kappa shape index (κ2) is 11.2. The number of halogens is 2. The van der Waals surface area contributed by atoms with Crippen molar-refractivity contribution in [1.29, 1.82) is 0 Å². The minimum Gasteiger partial charge on any atom is -0.491 e. The van der Waals surface area contributed by atoms with Crippen LogP contribution < -0.4 is 11.1 Å². The van der Waals surface area contributed by atoms with E-state index in [1.54, 1.807) is 29.2 Å². The number of hydrogen-bond acceptors (Lipinski definition) is 4. The Hall–Kier alpha value is -2.58. The number of nitrogens with one attached hydrogen (secondary N) is 1. The molecule has 1 fully saturated rings. The maximum absolute atomic E-state index is 13.1. The minimum absolute atomic E-state index is 0.0328. The largest absolute Gasteiger partial charge is 0.491 e. The van der Waals surface area contributed by atoms with Gasteiger partial charge < -0.3 is 25.4 Å². The van der Waals surface area contributed by atoms with Gasteiger partial charge in [-0.05, 0) is 42.7 Å². The van der Waals surface area contributed by atoms with E-state index in [0.717, 1.165) is 12.0 Å². The first-order chi connectivity index (χ1) is 14.9. The van der Waals surface area contributed by atoms with Gasteiger partial charge in [-0.1, -0.05) is 12.1 Å². The first kappa shape index (κ1) is 23.1. The lowest BCUT2D eigenvalue weighted by Crippen LogP contribution is -2.38. The Labute approximate surface area is 186 Å². The highest BCUT2D eigenvalue weighted by atomic mass is 35.5. The van der Waals surface area contributed by atoms with Crippen molar-refractivity contribution in [2.75, 3.05) is 26.3 Å². The number of carbonyl (C=O) groups excluding carboxylic acids is 2. The SMILES string of the molecule is NC(=O)NC1=CC(Cl)CC=C1OCCC(=O)N1CCCOC(Cc2ccc(F)cc2)C1. The van der Waals surface area contributed by atoms with Crippen LogP contribution in [0.4, 0.5) is 9.18 Å². The number of amides is 3. The first-order valence-electron chi connectivity index (χ1n) is 10.3. The number of primary amides is 1. The maximum Gasteiger partial charge on any atom is 0.316 e. The molecule has 0 bridgehead atoms. The number of hydrogen-bond donors (Lipinski definition) is 2. The van der Waals surface area contributed by atoms with Crippen LogP contribution in [0.3, 0.4) is 0 Å². The van der Waals surface area contributed by atoms with Crippen molar-refractivity contribution < 1.29 is 23.5 Å². The molecule has 2 unspecified atom stereocenters. The van der Waals surface area contributed by atoms with Crippen LogP contribution in [0.1, 0.15) is 24.8 Å². The molecule has 168 valence electrons. The number of nitrogens with zero attached hydrogens (tertiary/aromatic N) is 1. The molecular weight excluding hydrogens is 425 g/mol. The van der Waals surface area contributed by atoms with Gasteiger partial charge in [0.1, 0.15) is 11.6 Å². The van der Waals surface area contributed by atoms with E-state index in [1.165, 1.54) is 12.1 Å². The molecule has 1 aliphatic carbocycles. The Morgan fingerprint density at radius 1 is 1.32 bits per heavy atom. The Kier molecular flexibility index (Phi) is 8.31. The summed E-state index contributed by atoms with van der Waals surface area (Å²) >= 11 is 6.08. The van der Waals surface area contributed by atoms with Crippen molar-refractivity contribution in [1.82, 2.24) is 10.2 Å². The molecule has 3 rings (SSSR count). The molecule has 3 N–H and O–H groups in total. The van der Waals surface area contributed by atoms with Crippen LogP contribution in [0, 0.1) is 5.82 Å². The summed E-state index contributed by atoms with van der Waals surface area (Å²) in [5, 5.41) is 2.23. The number of urea groups is 1. The molecule has 0 spiro atoms. The van der Waals surface area contributed by atoms with Gasteiger partial charge in [-0.25, -0.2) is 9.18 Å². The van der Waals surface area contributed by atoms with Crippen LogP contribution in [0.2, 0.25) is 0 Å². The summed E-state index contributed by atoms with van der Waals surface area (Å²) < 4.78 is 24.7. The van der Waals surface area contributed by atoms with Crippen LogP contribution in [0.5, 0.6) is 0 Å². The number of benzene rings is 1. The molecule has 0 saturated carbocycles. The van der Waals surface area contributed by atoms with E-state index in [2.05, 4.69) is 5.32 Å². The molecule has 1 saturated heterocycles. The summed E-state index contributed by atoms with van der Waals surface area (Å²) in [5.41, 5.74) is 6.56. The number of rotatable bonds is 7. The van der Waals surface area contributed by atoms with Gasteiger partial charge in [0.15, 0.2) is 0 Å². The molecule has 0 aromatic heterocycles. The van der Waals surface area contributed by atoms with Crippen LogP contribution in [0.15, 0.2) is 47.9 Å². The third-order valence-corrected chi connectivity index (χ3v) is 5.36. The third kappa shape index (κ3) is 7.25. The summed E-state index contributed by atoms with van der Waals surface area (Å²) in [6, 6.07) is 5.61. The number of alkyl halides is 1. The van der Waals surface area contributed by atoms with Crippen LogP contribution in [-0.4, -0.2) is 54.6 Å². The number of carbonyl (C=O) groups is 2. The highest BCUT2D eigenvalue weighted by Crippen LogP contribution is 2.22. The van der Waals surface area contributed by atoms with Gasteiger partial charge in [-0.3, -0.25) is 4.79 Å². The Bertz CT molecular complexity index is 844. The molecule has 9 heteroatoms. The summed E-state index contributed by atoms with van der Waals surface area (Å²) in [6.45, 7) is 1.83. The average molecular weight is 452 g/mol. The van der Waals surface area contributed by atoms with Crippen molar-refractivity contribution in [3.8, 4) is 0 Å². The molecule has 1 aliphatic heterocycles. The van der Waals surface area contributed by atoms with Gasteiger partial charge in [0.05, 0.1) is 30.2 Å². The molecule has 0 radical (unpaired) electrons. The number of allylic oxidation sites excluding steroid dienone is 2. The molecule has 1 aromatic rings. The van der Waals surface area contributed by atoms with Crippen molar-refractivity contribution in [2.24, 2.45) is 5.73 Å². The minimum atomic E-state index is -0.709. The third-order valence-electron chi connectivity index (χ3n) is 5.05. The second-order valence-electron chi connectivity index (χ2n) is 7.50. The van der Waals surface area contributed by atoms with Gasteiger partial charge in [0.25, 0.3) is 0 Å². The summed E-state index contributed by atoms with van der Waals surface area (Å²) in [4.78, 5) is 25.7. The lowest BCUT2D eigenvalue weighted by molar-refractivity contribution is -0.132. The van der Waals surface area contributed by atoms with Crippen molar-refractivity contribution in [3.63, 3.8) is 0 Å². The molecular formula is C22H27ClFN3O4. The quantitative estimate of drug-likeness (QED) is 0.623. The zero-order valence-corrected chi connectivity index (χ0v) is 17.9. The summed E-state index contributed by atoms with van der Waals surface area (Å²) in [7, 11) is 0. The molecule has 1 heterocycles. The molecule has 2 atom stereocenters. The topological polar surface area (TPSA) is 93.9 Å². The van der Waals surface area contributed by atoms with Crippen LogP contribution >= 0.6 is 11.6 Å². The smallest absolute Gasteiger partial charge is 0.316 e. The zero-order valence-electron chi connectivity index (χ0n) is 17.2. The predicted octanol–water partition coefficient (Wildman–Crippen LogP) is 2.84. The van der Waals surface area contributed by atoms with Crippen molar-refractivity contribution in [3.05, 3.63) is 59.3 Å². The Balaban J connectivity index is 1.50. The van der Waals surface area contributed by atoms with Gasteiger partial charge in [0.2, 0.25) is 5.91 Å². The summed E-state index contributed by atoms with van der Waals surface area (Å²) in [5.74, 6) is 0.146. The van der Waals surface area contributed by atoms with E-state index in [9.17, 15) is 14.0 Å². The number of nitrogens with two attached hydrogens (primary N) is 1. The van der Waals surface area contributed by atoms with E-state index < -0.39 is 6.03 Å². The van der Waals surface area contributed by atoms with Gasteiger partial charge in [-0.15, -0.1) is 11.6 Å². The molecule has 3 amide bonds. The Morgan fingerprint density at radius 3 is 2.84 bits per heavy atom. The number of ether oxygens (including phenoxy) is 2. The van der Waals surface area contributed by atoms with Crippen LogP contribution in [-0.2, 0) is 20.7 Å². The fourth-order valence-electron chi connectivity index (χ4n) is 3.57. The van der Waals surface area contributed by atoms with E-state index in [4.69, 9.17) is 26.8 Å². The van der Waals surface area contributed by atoms with E-state index in [1.807, 2.05) is 0 Å². The lowest BCUT2D eigenvalue weighted by Gasteiger charge is -2.25.